The third-order valence-electron chi connectivity index (χ3n) is 7.12. The molecular formula is C32H30N4O2S. The highest BCUT2D eigenvalue weighted by atomic mass is 32.1. The fourth-order valence-electron chi connectivity index (χ4n) is 5.36. The Morgan fingerprint density at radius 3 is 2.77 bits per heavy atom. The first-order chi connectivity index (χ1) is 18.8. The number of alkyl carbamates (subject to hydrolysis) is 1. The summed E-state index contributed by atoms with van der Waals surface area (Å²) in [6, 6.07) is 25.2. The Labute approximate surface area is 231 Å². The fourth-order valence-corrected chi connectivity index (χ4v) is 6.49. The van der Waals surface area contributed by atoms with Crippen LogP contribution < -0.4 is 5.32 Å². The number of nitrogens with one attached hydrogen (secondary N) is 1. The molecular weight excluding hydrogens is 504 g/mol. The zero-order valence-corrected chi connectivity index (χ0v) is 23.1. The molecule has 7 heteroatoms. The number of aryl methyl sites for hydroxylation is 1. The van der Waals surface area contributed by atoms with Gasteiger partial charge in [0.1, 0.15) is 10.6 Å². The van der Waals surface area contributed by atoms with E-state index in [2.05, 4.69) is 64.5 Å². The Morgan fingerprint density at radius 1 is 1.13 bits per heavy atom. The van der Waals surface area contributed by atoms with Crippen molar-refractivity contribution in [3.05, 3.63) is 88.4 Å². The summed E-state index contributed by atoms with van der Waals surface area (Å²) in [5.41, 5.74) is 4.44. The molecule has 1 aliphatic carbocycles. The van der Waals surface area contributed by atoms with Crippen molar-refractivity contribution < 1.29 is 9.53 Å². The van der Waals surface area contributed by atoms with E-state index in [1.807, 2.05) is 39.0 Å². The van der Waals surface area contributed by atoms with E-state index >= 15 is 0 Å². The number of benzene rings is 3. The molecule has 5 aromatic rings. The summed E-state index contributed by atoms with van der Waals surface area (Å²) in [5.74, 6) is 0. The first kappa shape index (κ1) is 25.1. The summed E-state index contributed by atoms with van der Waals surface area (Å²) in [6.45, 7) is 6.28. The molecule has 2 aromatic heterocycles. The van der Waals surface area contributed by atoms with Crippen molar-refractivity contribution in [2.24, 2.45) is 0 Å². The third kappa shape index (κ3) is 5.13. The summed E-state index contributed by atoms with van der Waals surface area (Å²) in [5, 5.41) is 17.1. The molecule has 1 amide bonds. The molecule has 1 aliphatic rings. The van der Waals surface area contributed by atoms with Crippen molar-refractivity contribution in [3.8, 4) is 16.8 Å². The van der Waals surface area contributed by atoms with E-state index in [9.17, 15) is 10.1 Å². The number of amides is 1. The summed E-state index contributed by atoms with van der Waals surface area (Å²) in [6.07, 6.45) is 2.04. The number of nitrogens with zero attached hydrogens (tertiary/aromatic N) is 3. The molecule has 0 bridgehead atoms. The minimum absolute atomic E-state index is 0.00188. The summed E-state index contributed by atoms with van der Waals surface area (Å²) < 4.78 is 7.75. The van der Waals surface area contributed by atoms with E-state index in [4.69, 9.17) is 9.72 Å². The number of nitriles is 1. The molecule has 196 valence electrons. The maximum Gasteiger partial charge on any atom is 0.407 e. The van der Waals surface area contributed by atoms with Gasteiger partial charge in [-0.2, -0.15) is 5.26 Å². The standard InChI is InChI=1S/C32H30N4O2S/c1-32(2,3)38-31(37)34-24-13-14-29-26(17-24)35-30(39-29)28-16-22-12-11-20(18-33)15-27(22)36(28)19-23-9-6-8-21-7-4-5-10-25(21)23/h4-12,15-16,24H,13-14,17,19H2,1-3H3,(H,34,37). The molecule has 0 spiro atoms. The zero-order chi connectivity index (χ0) is 27.1. The predicted octanol–water partition coefficient (Wildman–Crippen LogP) is 7.22. The van der Waals surface area contributed by atoms with E-state index in [0.717, 1.165) is 40.1 Å². The molecule has 39 heavy (non-hydrogen) atoms. The van der Waals surface area contributed by atoms with Gasteiger partial charge in [-0.1, -0.05) is 48.5 Å². The molecule has 1 unspecified atom stereocenters. The predicted molar refractivity (Wildman–Crippen MR) is 156 cm³/mol. The van der Waals surface area contributed by atoms with Crippen LogP contribution in [0.1, 0.15) is 48.9 Å². The summed E-state index contributed by atoms with van der Waals surface area (Å²) in [4.78, 5) is 18.7. The Kier molecular flexibility index (Phi) is 6.36. The zero-order valence-electron chi connectivity index (χ0n) is 22.3. The Balaban J connectivity index is 1.37. The molecule has 0 fully saturated rings. The van der Waals surface area contributed by atoms with Crippen LogP contribution in [-0.4, -0.2) is 27.3 Å². The lowest BCUT2D eigenvalue weighted by Crippen LogP contribution is -2.41. The Bertz CT molecular complexity index is 1750. The molecule has 0 saturated carbocycles. The van der Waals surface area contributed by atoms with Gasteiger partial charge in [-0.3, -0.25) is 0 Å². The normalized spacial score (nSPS) is 15.2. The Morgan fingerprint density at radius 2 is 1.95 bits per heavy atom. The van der Waals surface area contributed by atoms with Crippen molar-refractivity contribution >= 4 is 39.1 Å². The van der Waals surface area contributed by atoms with Gasteiger partial charge in [0.05, 0.1) is 28.5 Å². The number of hydrogen-bond acceptors (Lipinski definition) is 5. The van der Waals surface area contributed by atoms with Gasteiger partial charge in [-0.05, 0) is 68.1 Å². The minimum atomic E-state index is -0.527. The fraction of sp³-hybridized carbons (Fsp3) is 0.281. The lowest BCUT2D eigenvalue weighted by molar-refractivity contribution is 0.0500. The monoisotopic (exact) mass is 534 g/mol. The number of fused-ring (bicyclic) bond motifs is 3. The van der Waals surface area contributed by atoms with Crippen molar-refractivity contribution in [2.45, 2.75) is 58.2 Å². The third-order valence-corrected chi connectivity index (χ3v) is 8.30. The van der Waals surface area contributed by atoms with Crippen molar-refractivity contribution in [3.63, 3.8) is 0 Å². The topological polar surface area (TPSA) is 79.9 Å². The van der Waals surface area contributed by atoms with E-state index in [-0.39, 0.29) is 12.1 Å². The van der Waals surface area contributed by atoms with E-state index in [1.54, 1.807) is 11.3 Å². The highest BCUT2D eigenvalue weighted by molar-refractivity contribution is 7.15. The van der Waals surface area contributed by atoms with Crippen molar-refractivity contribution in [1.29, 1.82) is 5.26 Å². The maximum absolute atomic E-state index is 12.4. The maximum atomic E-state index is 12.4. The van der Waals surface area contributed by atoms with Gasteiger partial charge in [0, 0.05) is 29.3 Å². The SMILES string of the molecule is CC(C)(C)OC(=O)NC1CCc2sc(-c3cc4ccc(C#N)cc4n3Cc3cccc4ccccc34)nc2C1. The molecule has 6 rings (SSSR count). The van der Waals surface area contributed by atoms with Crippen LogP contribution in [0.2, 0.25) is 0 Å². The number of hydrogen-bond donors (Lipinski definition) is 1. The van der Waals surface area contributed by atoms with Gasteiger partial charge >= 0.3 is 6.09 Å². The second-order valence-corrected chi connectivity index (χ2v) is 12.2. The number of aromatic nitrogens is 2. The molecule has 6 nitrogen and oxygen atoms in total. The molecule has 0 aliphatic heterocycles. The van der Waals surface area contributed by atoms with Crippen LogP contribution in [0.15, 0.2) is 66.7 Å². The van der Waals surface area contributed by atoms with Crippen LogP contribution >= 0.6 is 11.3 Å². The van der Waals surface area contributed by atoms with Gasteiger partial charge in [0.15, 0.2) is 0 Å². The lowest BCUT2D eigenvalue weighted by atomic mass is 9.98. The molecule has 3 aromatic carbocycles. The minimum Gasteiger partial charge on any atom is -0.444 e. The summed E-state index contributed by atoms with van der Waals surface area (Å²) in [7, 11) is 0. The highest BCUT2D eigenvalue weighted by Gasteiger charge is 2.27. The first-order valence-corrected chi connectivity index (χ1v) is 14.1. The van der Waals surface area contributed by atoms with Gasteiger partial charge in [0.25, 0.3) is 0 Å². The molecule has 0 saturated heterocycles. The molecule has 0 radical (unpaired) electrons. The molecule has 2 heterocycles. The average Bonchev–Trinajstić information content (AvgIpc) is 3.48. The highest BCUT2D eigenvalue weighted by Crippen LogP contribution is 2.37. The quantitative estimate of drug-likeness (QED) is 0.264. The average molecular weight is 535 g/mol. The smallest absolute Gasteiger partial charge is 0.407 e. The number of rotatable bonds is 4. The van der Waals surface area contributed by atoms with E-state index in [1.165, 1.54) is 21.2 Å². The summed E-state index contributed by atoms with van der Waals surface area (Å²) >= 11 is 1.73. The van der Waals surface area contributed by atoms with Crippen LogP contribution in [0.5, 0.6) is 0 Å². The van der Waals surface area contributed by atoms with Crippen molar-refractivity contribution in [2.75, 3.05) is 0 Å². The molecule has 1 N–H and O–H groups in total. The second-order valence-electron chi connectivity index (χ2n) is 11.1. The van der Waals surface area contributed by atoms with Gasteiger partial charge in [0.2, 0.25) is 0 Å². The lowest BCUT2D eigenvalue weighted by Gasteiger charge is -2.25. The van der Waals surface area contributed by atoms with Crippen LogP contribution in [0.4, 0.5) is 4.79 Å². The Hall–Kier alpha value is -4.15. The van der Waals surface area contributed by atoms with Crippen LogP contribution in [-0.2, 0) is 24.1 Å². The number of carbonyl (C=O) groups is 1. The number of thiazole rings is 1. The van der Waals surface area contributed by atoms with Gasteiger partial charge in [-0.15, -0.1) is 11.3 Å². The van der Waals surface area contributed by atoms with Crippen LogP contribution in [0.3, 0.4) is 0 Å². The number of carbonyl (C=O) groups excluding carboxylic acids is 1. The largest absolute Gasteiger partial charge is 0.444 e. The van der Waals surface area contributed by atoms with E-state index in [0.29, 0.717) is 18.5 Å². The number of ether oxygens (including phenoxy) is 1. The van der Waals surface area contributed by atoms with Crippen LogP contribution in [0.25, 0.3) is 32.4 Å². The second kappa shape index (κ2) is 9.87. The van der Waals surface area contributed by atoms with E-state index < -0.39 is 5.60 Å². The van der Waals surface area contributed by atoms with Gasteiger partial charge in [-0.25, -0.2) is 9.78 Å². The van der Waals surface area contributed by atoms with Crippen LogP contribution in [0, 0.1) is 11.3 Å². The van der Waals surface area contributed by atoms with Gasteiger partial charge < -0.3 is 14.6 Å². The van der Waals surface area contributed by atoms with Crippen molar-refractivity contribution in [1.82, 2.24) is 14.9 Å². The molecule has 1 atom stereocenters. The first-order valence-electron chi connectivity index (χ1n) is 13.3.